The third-order valence-corrected chi connectivity index (χ3v) is 3.78. The maximum absolute atomic E-state index is 12.4. The van der Waals surface area contributed by atoms with Crippen molar-refractivity contribution in [2.45, 2.75) is 13.8 Å². The van der Waals surface area contributed by atoms with Crippen LogP contribution < -0.4 is 5.63 Å². The van der Waals surface area contributed by atoms with Gasteiger partial charge in [-0.15, -0.1) is 0 Å². The minimum absolute atomic E-state index is 0.289. The van der Waals surface area contributed by atoms with Crippen molar-refractivity contribution in [1.82, 2.24) is 0 Å². The van der Waals surface area contributed by atoms with Gasteiger partial charge >= 0.3 is 5.63 Å². The molecular weight excluding hydrogens is 260 g/mol. The molecule has 0 saturated carbocycles. The molecule has 2 aromatic carbocycles. The monoisotopic (exact) mass is 276 g/mol. The van der Waals surface area contributed by atoms with Gasteiger partial charge in [-0.1, -0.05) is 60.7 Å². The summed E-state index contributed by atoms with van der Waals surface area (Å²) in [6, 6.07) is 19.4. The molecule has 0 fully saturated rings. The molecule has 3 rings (SSSR count). The Morgan fingerprint density at radius 3 is 1.81 bits per heavy atom. The number of rotatable bonds is 2. The number of hydrogen-bond acceptors (Lipinski definition) is 2. The van der Waals surface area contributed by atoms with Crippen molar-refractivity contribution in [3.05, 3.63) is 82.2 Å². The Kier molecular flexibility index (Phi) is 3.44. The number of hydrogen-bond donors (Lipinski definition) is 0. The normalized spacial score (nSPS) is 10.6. The molecule has 0 aliphatic rings. The van der Waals surface area contributed by atoms with Crippen molar-refractivity contribution in [2.75, 3.05) is 0 Å². The Balaban J connectivity index is 2.25. The van der Waals surface area contributed by atoms with Crippen molar-refractivity contribution < 1.29 is 4.42 Å². The molecule has 0 bridgehead atoms. The lowest BCUT2D eigenvalue weighted by Crippen LogP contribution is -2.08. The first-order chi connectivity index (χ1) is 10.2. The third kappa shape index (κ3) is 2.40. The van der Waals surface area contributed by atoms with Crippen LogP contribution in [0.3, 0.4) is 0 Å². The molecule has 104 valence electrons. The van der Waals surface area contributed by atoms with Gasteiger partial charge in [0.15, 0.2) is 0 Å². The van der Waals surface area contributed by atoms with Gasteiger partial charge in [-0.2, -0.15) is 0 Å². The lowest BCUT2D eigenvalue weighted by molar-refractivity contribution is 0.523. The van der Waals surface area contributed by atoms with Gasteiger partial charge in [0.25, 0.3) is 0 Å². The summed E-state index contributed by atoms with van der Waals surface area (Å²) in [7, 11) is 0. The van der Waals surface area contributed by atoms with E-state index in [-0.39, 0.29) is 5.63 Å². The molecule has 0 atom stereocenters. The zero-order valence-electron chi connectivity index (χ0n) is 12.1. The van der Waals surface area contributed by atoms with Crippen LogP contribution in [0.5, 0.6) is 0 Å². The van der Waals surface area contributed by atoms with Crippen molar-refractivity contribution >= 4 is 0 Å². The lowest BCUT2D eigenvalue weighted by Gasteiger charge is -2.11. The predicted octanol–water partition coefficient (Wildman–Crippen LogP) is 4.59. The molecule has 1 aromatic heterocycles. The first-order valence-corrected chi connectivity index (χ1v) is 6.93. The molecule has 3 aromatic rings. The molecule has 0 unspecified atom stereocenters. The smallest absolute Gasteiger partial charge is 0.344 e. The molecule has 0 aliphatic carbocycles. The van der Waals surface area contributed by atoms with Gasteiger partial charge in [-0.25, -0.2) is 4.79 Å². The molecule has 0 aliphatic heterocycles. The Hall–Kier alpha value is -2.61. The maximum atomic E-state index is 12.4. The summed E-state index contributed by atoms with van der Waals surface area (Å²) < 4.78 is 5.60. The van der Waals surface area contributed by atoms with E-state index in [1.54, 1.807) is 0 Å². The van der Waals surface area contributed by atoms with E-state index >= 15 is 0 Å². The molecule has 2 nitrogen and oxygen atoms in total. The molecule has 1 heterocycles. The Bertz CT molecular complexity index is 815. The molecule has 21 heavy (non-hydrogen) atoms. The zero-order valence-corrected chi connectivity index (χ0v) is 12.1. The van der Waals surface area contributed by atoms with Gasteiger partial charge in [0.2, 0.25) is 0 Å². The molecular formula is C19H16O2. The highest BCUT2D eigenvalue weighted by Crippen LogP contribution is 2.29. The van der Waals surface area contributed by atoms with Crippen molar-refractivity contribution in [1.29, 1.82) is 0 Å². The Morgan fingerprint density at radius 2 is 1.24 bits per heavy atom. The van der Waals surface area contributed by atoms with Crippen LogP contribution in [0.25, 0.3) is 22.5 Å². The van der Waals surface area contributed by atoms with Crippen LogP contribution >= 0.6 is 0 Å². The largest absolute Gasteiger partial charge is 0.422 e. The maximum Gasteiger partial charge on any atom is 0.344 e. The first-order valence-electron chi connectivity index (χ1n) is 6.93. The van der Waals surface area contributed by atoms with Crippen LogP contribution in [-0.2, 0) is 0 Å². The average Bonchev–Trinajstić information content (AvgIpc) is 2.53. The van der Waals surface area contributed by atoms with Gasteiger partial charge in [0.1, 0.15) is 5.76 Å². The van der Waals surface area contributed by atoms with Gasteiger partial charge in [-0.05, 0) is 30.5 Å². The van der Waals surface area contributed by atoms with E-state index in [1.165, 1.54) is 0 Å². The van der Waals surface area contributed by atoms with E-state index in [2.05, 4.69) is 0 Å². The molecule has 0 amide bonds. The fourth-order valence-electron chi connectivity index (χ4n) is 2.54. The predicted molar refractivity (Wildman–Crippen MR) is 85.3 cm³/mol. The van der Waals surface area contributed by atoms with E-state index in [0.29, 0.717) is 11.3 Å². The van der Waals surface area contributed by atoms with Gasteiger partial charge in [0, 0.05) is 5.56 Å². The fourth-order valence-corrected chi connectivity index (χ4v) is 2.54. The number of benzene rings is 2. The van der Waals surface area contributed by atoms with E-state index in [0.717, 1.165) is 22.3 Å². The second kappa shape index (κ2) is 5.41. The highest BCUT2D eigenvalue weighted by Gasteiger charge is 2.16. The Morgan fingerprint density at radius 1 is 0.714 bits per heavy atom. The zero-order chi connectivity index (χ0) is 14.8. The first kappa shape index (κ1) is 13.4. The van der Waals surface area contributed by atoms with Crippen LogP contribution in [0.1, 0.15) is 11.1 Å². The summed E-state index contributed by atoms with van der Waals surface area (Å²) in [4.78, 5) is 12.4. The van der Waals surface area contributed by atoms with E-state index in [9.17, 15) is 4.79 Å². The van der Waals surface area contributed by atoms with Gasteiger partial charge < -0.3 is 4.42 Å². The van der Waals surface area contributed by atoms with Gasteiger partial charge in [0.05, 0.1) is 5.56 Å². The van der Waals surface area contributed by atoms with Crippen molar-refractivity contribution in [2.24, 2.45) is 0 Å². The highest BCUT2D eigenvalue weighted by atomic mass is 16.4. The summed E-state index contributed by atoms with van der Waals surface area (Å²) in [6.45, 7) is 3.97. The van der Waals surface area contributed by atoms with Crippen LogP contribution in [0.15, 0.2) is 69.9 Å². The Labute approximate surface area is 123 Å². The second-order valence-corrected chi connectivity index (χ2v) is 5.08. The van der Waals surface area contributed by atoms with Crippen LogP contribution in [0, 0.1) is 13.8 Å². The summed E-state index contributed by atoms with van der Waals surface area (Å²) in [5.74, 6) is 0.651. The fraction of sp³-hybridized carbons (Fsp3) is 0.105. The quantitative estimate of drug-likeness (QED) is 0.685. The lowest BCUT2D eigenvalue weighted by atomic mass is 9.97. The van der Waals surface area contributed by atoms with Crippen LogP contribution in [0.4, 0.5) is 0 Å². The van der Waals surface area contributed by atoms with E-state index < -0.39 is 0 Å². The van der Waals surface area contributed by atoms with E-state index in [4.69, 9.17) is 4.42 Å². The molecule has 0 N–H and O–H groups in total. The molecule has 2 heteroatoms. The summed E-state index contributed by atoms with van der Waals surface area (Å²) in [5.41, 5.74) is 4.15. The van der Waals surface area contributed by atoms with Crippen molar-refractivity contribution in [3.63, 3.8) is 0 Å². The van der Waals surface area contributed by atoms with Crippen LogP contribution in [-0.4, -0.2) is 0 Å². The minimum Gasteiger partial charge on any atom is -0.422 e. The standard InChI is InChI=1S/C19H16O2/c1-13-14(2)18(16-11-7-4-8-12-16)21-19(20)17(13)15-9-5-3-6-10-15/h3-12H,1-2H3. The average molecular weight is 276 g/mol. The summed E-state index contributed by atoms with van der Waals surface area (Å²) in [6.07, 6.45) is 0. The third-order valence-electron chi connectivity index (χ3n) is 3.78. The van der Waals surface area contributed by atoms with Gasteiger partial charge in [-0.3, -0.25) is 0 Å². The topological polar surface area (TPSA) is 30.2 Å². The summed E-state index contributed by atoms with van der Waals surface area (Å²) in [5, 5.41) is 0. The summed E-state index contributed by atoms with van der Waals surface area (Å²) >= 11 is 0. The van der Waals surface area contributed by atoms with Crippen molar-refractivity contribution in [3.8, 4) is 22.5 Å². The van der Waals surface area contributed by atoms with Crippen LogP contribution in [0.2, 0.25) is 0 Å². The molecule has 0 spiro atoms. The SMILES string of the molecule is Cc1c(-c2ccccc2)oc(=O)c(-c2ccccc2)c1C. The molecule has 0 radical (unpaired) electrons. The van der Waals surface area contributed by atoms with E-state index in [1.807, 2.05) is 74.5 Å². The molecule has 0 saturated heterocycles. The minimum atomic E-state index is -0.289. The highest BCUT2D eigenvalue weighted by molar-refractivity contribution is 5.71. The second-order valence-electron chi connectivity index (χ2n) is 5.08.